The highest BCUT2D eigenvalue weighted by molar-refractivity contribution is 5.24. The van der Waals surface area contributed by atoms with Gasteiger partial charge in [0.25, 0.3) is 0 Å². The van der Waals surface area contributed by atoms with E-state index in [4.69, 9.17) is 0 Å². The summed E-state index contributed by atoms with van der Waals surface area (Å²) >= 11 is 0. The predicted octanol–water partition coefficient (Wildman–Crippen LogP) is 2.41. The zero-order chi connectivity index (χ0) is 14.4. The Labute approximate surface area is 117 Å². The summed E-state index contributed by atoms with van der Waals surface area (Å²) in [6.45, 7) is 12.9. The van der Waals surface area contributed by atoms with Crippen molar-refractivity contribution in [2.75, 3.05) is 6.54 Å². The van der Waals surface area contributed by atoms with Gasteiger partial charge in [-0.05, 0) is 26.7 Å². The van der Waals surface area contributed by atoms with Gasteiger partial charge in [0.1, 0.15) is 0 Å². The lowest BCUT2D eigenvalue weighted by Gasteiger charge is -2.20. The van der Waals surface area contributed by atoms with Crippen LogP contribution in [-0.4, -0.2) is 27.5 Å². The highest BCUT2D eigenvalue weighted by atomic mass is 16.3. The van der Waals surface area contributed by atoms with E-state index in [0.29, 0.717) is 12.5 Å². The standard InChI is InChI=1S/C15H29N3O/c1-6-13(7-2)15(19)10-16-9-14-11(4)17-18(8-3)12(14)5/h13,15-16,19H,6-10H2,1-5H3. The highest BCUT2D eigenvalue weighted by Crippen LogP contribution is 2.14. The maximum atomic E-state index is 10.1. The Hall–Kier alpha value is -0.870. The number of nitrogens with one attached hydrogen (secondary N) is 1. The first kappa shape index (κ1) is 16.2. The number of aryl methyl sites for hydroxylation is 2. The average Bonchev–Trinajstić information content (AvgIpc) is 2.67. The fraction of sp³-hybridized carbons (Fsp3) is 0.800. The van der Waals surface area contributed by atoms with Crippen LogP contribution in [0.4, 0.5) is 0 Å². The van der Waals surface area contributed by atoms with Crippen LogP contribution in [0.25, 0.3) is 0 Å². The van der Waals surface area contributed by atoms with Crippen LogP contribution >= 0.6 is 0 Å². The van der Waals surface area contributed by atoms with Gasteiger partial charge in [-0.3, -0.25) is 4.68 Å². The molecule has 19 heavy (non-hydrogen) atoms. The van der Waals surface area contributed by atoms with Gasteiger partial charge in [0.15, 0.2) is 0 Å². The Kier molecular flexibility index (Phi) is 6.52. The summed E-state index contributed by atoms with van der Waals surface area (Å²) in [5.41, 5.74) is 3.58. The predicted molar refractivity (Wildman–Crippen MR) is 79.2 cm³/mol. The fourth-order valence-corrected chi connectivity index (χ4v) is 2.64. The van der Waals surface area contributed by atoms with E-state index >= 15 is 0 Å². The third-order valence-corrected chi connectivity index (χ3v) is 4.08. The van der Waals surface area contributed by atoms with Crippen LogP contribution < -0.4 is 5.32 Å². The number of aliphatic hydroxyl groups excluding tert-OH is 1. The minimum absolute atomic E-state index is 0.253. The molecule has 0 amide bonds. The molecule has 0 aliphatic carbocycles. The van der Waals surface area contributed by atoms with Gasteiger partial charge in [0, 0.05) is 30.9 Å². The van der Waals surface area contributed by atoms with Crippen LogP contribution in [0.5, 0.6) is 0 Å². The van der Waals surface area contributed by atoms with Crippen LogP contribution in [0.15, 0.2) is 0 Å². The van der Waals surface area contributed by atoms with Gasteiger partial charge < -0.3 is 10.4 Å². The van der Waals surface area contributed by atoms with Crippen LogP contribution in [0.1, 0.15) is 50.6 Å². The minimum Gasteiger partial charge on any atom is -0.392 e. The third kappa shape index (κ3) is 4.05. The summed E-state index contributed by atoms with van der Waals surface area (Å²) in [4.78, 5) is 0. The van der Waals surface area contributed by atoms with E-state index in [9.17, 15) is 5.11 Å². The zero-order valence-electron chi connectivity index (χ0n) is 13.0. The van der Waals surface area contributed by atoms with Crippen molar-refractivity contribution in [1.82, 2.24) is 15.1 Å². The zero-order valence-corrected chi connectivity index (χ0v) is 13.0. The van der Waals surface area contributed by atoms with E-state index in [1.807, 2.05) is 11.6 Å². The maximum Gasteiger partial charge on any atom is 0.0692 e. The Morgan fingerprint density at radius 3 is 2.32 bits per heavy atom. The molecule has 1 heterocycles. The molecule has 0 aliphatic rings. The van der Waals surface area contributed by atoms with E-state index in [2.05, 4.69) is 38.1 Å². The molecule has 1 atom stereocenters. The van der Waals surface area contributed by atoms with Gasteiger partial charge in [-0.1, -0.05) is 26.7 Å². The summed E-state index contributed by atoms with van der Waals surface area (Å²) < 4.78 is 2.03. The number of hydrogen-bond donors (Lipinski definition) is 2. The summed E-state index contributed by atoms with van der Waals surface area (Å²) in [5.74, 6) is 0.396. The van der Waals surface area contributed by atoms with Crippen molar-refractivity contribution in [2.45, 2.75) is 66.7 Å². The van der Waals surface area contributed by atoms with Gasteiger partial charge in [0.05, 0.1) is 11.8 Å². The summed E-state index contributed by atoms with van der Waals surface area (Å²) in [6, 6.07) is 0. The SMILES string of the molecule is CCC(CC)C(O)CNCc1c(C)nn(CC)c1C. The normalized spacial score (nSPS) is 13.2. The van der Waals surface area contributed by atoms with Crippen molar-refractivity contribution in [1.29, 1.82) is 0 Å². The lowest BCUT2D eigenvalue weighted by atomic mass is 9.96. The molecule has 0 aliphatic heterocycles. The number of aromatic nitrogens is 2. The van der Waals surface area contributed by atoms with Gasteiger partial charge in [0.2, 0.25) is 0 Å². The molecule has 0 fully saturated rings. The fourth-order valence-electron chi connectivity index (χ4n) is 2.64. The smallest absolute Gasteiger partial charge is 0.0692 e. The van der Waals surface area contributed by atoms with E-state index in [1.165, 1.54) is 11.3 Å². The number of aliphatic hydroxyl groups is 1. The lowest BCUT2D eigenvalue weighted by Crippen LogP contribution is -2.32. The molecule has 0 saturated carbocycles. The minimum atomic E-state index is -0.253. The summed E-state index contributed by atoms with van der Waals surface area (Å²) in [7, 11) is 0. The van der Waals surface area contributed by atoms with Crippen molar-refractivity contribution < 1.29 is 5.11 Å². The molecular formula is C15H29N3O. The summed E-state index contributed by atoms with van der Waals surface area (Å²) in [6.07, 6.45) is 1.81. The first-order chi connectivity index (χ1) is 9.04. The van der Waals surface area contributed by atoms with E-state index in [0.717, 1.165) is 31.6 Å². The molecule has 0 radical (unpaired) electrons. The molecule has 110 valence electrons. The second-order valence-corrected chi connectivity index (χ2v) is 5.24. The molecule has 1 aromatic rings. The largest absolute Gasteiger partial charge is 0.392 e. The molecule has 1 aromatic heterocycles. The molecule has 1 unspecified atom stereocenters. The van der Waals surface area contributed by atoms with Crippen LogP contribution in [0, 0.1) is 19.8 Å². The van der Waals surface area contributed by atoms with Gasteiger partial charge in [-0.25, -0.2) is 0 Å². The molecule has 0 aromatic carbocycles. The Bertz CT molecular complexity index is 383. The van der Waals surface area contributed by atoms with Gasteiger partial charge >= 0.3 is 0 Å². The quantitative estimate of drug-likeness (QED) is 0.760. The molecule has 0 saturated heterocycles. The second kappa shape index (κ2) is 7.65. The van der Waals surface area contributed by atoms with E-state index in [-0.39, 0.29) is 6.10 Å². The topological polar surface area (TPSA) is 50.1 Å². The molecule has 4 nitrogen and oxygen atoms in total. The summed E-state index contributed by atoms with van der Waals surface area (Å²) in [5, 5.41) is 18.0. The van der Waals surface area contributed by atoms with Crippen LogP contribution in [0.2, 0.25) is 0 Å². The first-order valence-corrected chi connectivity index (χ1v) is 7.46. The van der Waals surface area contributed by atoms with Gasteiger partial charge in [-0.15, -0.1) is 0 Å². The van der Waals surface area contributed by atoms with Crippen molar-refractivity contribution in [2.24, 2.45) is 5.92 Å². The molecule has 0 spiro atoms. The van der Waals surface area contributed by atoms with E-state index in [1.54, 1.807) is 0 Å². The van der Waals surface area contributed by atoms with Crippen molar-refractivity contribution in [3.8, 4) is 0 Å². The third-order valence-electron chi connectivity index (χ3n) is 4.08. The second-order valence-electron chi connectivity index (χ2n) is 5.24. The Morgan fingerprint density at radius 2 is 1.84 bits per heavy atom. The number of rotatable bonds is 8. The van der Waals surface area contributed by atoms with Crippen LogP contribution in [-0.2, 0) is 13.1 Å². The Balaban J connectivity index is 2.51. The molecule has 1 rings (SSSR count). The number of hydrogen-bond acceptors (Lipinski definition) is 3. The number of nitrogens with zero attached hydrogens (tertiary/aromatic N) is 2. The Morgan fingerprint density at radius 1 is 1.21 bits per heavy atom. The van der Waals surface area contributed by atoms with Crippen molar-refractivity contribution in [3.63, 3.8) is 0 Å². The highest BCUT2D eigenvalue weighted by Gasteiger charge is 2.16. The maximum absolute atomic E-state index is 10.1. The van der Waals surface area contributed by atoms with Crippen molar-refractivity contribution >= 4 is 0 Å². The van der Waals surface area contributed by atoms with E-state index < -0.39 is 0 Å². The molecule has 2 N–H and O–H groups in total. The lowest BCUT2D eigenvalue weighted by molar-refractivity contribution is 0.101. The molecular weight excluding hydrogens is 238 g/mol. The monoisotopic (exact) mass is 267 g/mol. The van der Waals surface area contributed by atoms with Crippen LogP contribution in [0.3, 0.4) is 0 Å². The molecule has 0 bridgehead atoms. The average molecular weight is 267 g/mol. The molecule has 4 heteroatoms. The van der Waals surface area contributed by atoms with Crippen molar-refractivity contribution in [3.05, 3.63) is 17.0 Å². The first-order valence-electron chi connectivity index (χ1n) is 7.46. The van der Waals surface area contributed by atoms with Gasteiger partial charge in [-0.2, -0.15) is 5.10 Å².